The van der Waals surface area contributed by atoms with Crippen LogP contribution in [0.5, 0.6) is 5.75 Å². The number of methoxy groups -OCH3 is 2. The molecule has 32 heavy (non-hydrogen) atoms. The Morgan fingerprint density at radius 3 is 2.31 bits per heavy atom. The first-order valence-electron chi connectivity index (χ1n) is 10.3. The van der Waals surface area contributed by atoms with Gasteiger partial charge in [0.2, 0.25) is 15.9 Å². The number of hydrogen-bond donors (Lipinski definition) is 1. The van der Waals surface area contributed by atoms with Gasteiger partial charge in [-0.3, -0.25) is 4.79 Å². The Morgan fingerprint density at radius 2 is 1.72 bits per heavy atom. The molecule has 172 valence electrons. The van der Waals surface area contributed by atoms with Crippen molar-refractivity contribution in [3.63, 3.8) is 0 Å². The molecule has 0 saturated carbocycles. The molecule has 1 heterocycles. The van der Waals surface area contributed by atoms with E-state index in [2.05, 4.69) is 5.32 Å². The third-order valence-electron chi connectivity index (χ3n) is 5.66. The molecular weight excluding hydrogens is 432 g/mol. The Morgan fingerprint density at radius 1 is 1.03 bits per heavy atom. The van der Waals surface area contributed by atoms with Crippen molar-refractivity contribution in [1.29, 1.82) is 0 Å². The number of benzene rings is 2. The zero-order valence-corrected chi connectivity index (χ0v) is 19.5. The molecule has 0 aromatic heterocycles. The molecule has 1 aliphatic rings. The third-order valence-corrected chi connectivity index (χ3v) is 7.72. The molecule has 0 radical (unpaired) electrons. The first-order chi connectivity index (χ1) is 15.2. The highest BCUT2D eigenvalue weighted by Gasteiger charge is 2.33. The van der Waals surface area contributed by atoms with E-state index >= 15 is 0 Å². The number of carbonyl (C=O) groups excluding carboxylic acids is 2. The molecule has 0 aliphatic carbocycles. The summed E-state index contributed by atoms with van der Waals surface area (Å²) in [5.74, 6) is -0.751. The number of nitrogens with zero attached hydrogens (tertiary/aromatic N) is 1. The molecule has 1 N–H and O–H groups in total. The minimum Gasteiger partial charge on any atom is -0.497 e. The summed E-state index contributed by atoms with van der Waals surface area (Å²) >= 11 is 0. The molecule has 9 heteroatoms. The van der Waals surface area contributed by atoms with E-state index in [1.165, 1.54) is 24.6 Å². The van der Waals surface area contributed by atoms with Gasteiger partial charge in [-0.25, -0.2) is 13.2 Å². The number of aryl methyl sites for hydroxylation is 2. The average Bonchev–Trinajstić information content (AvgIpc) is 2.78. The quantitative estimate of drug-likeness (QED) is 0.665. The summed E-state index contributed by atoms with van der Waals surface area (Å²) in [6.45, 7) is 4.20. The van der Waals surface area contributed by atoms with E-state index in [0.717, 1.165) is 5.56 Å². The number of hydrogen-bond acceptors (Lipinski definition) is 6. The Bertz CT molecular complexity index is 1120. The van der Waals surface area contributed by atoms with Crippen LogP contribution in [0.2, 0.25) is 0 Å². The zero-order chi connectivity index (χ0) is 23.5. The SMILES string of the molecule is COC(=O)c1cc(OC)ccc1NC(=O)C1CCN(S(=O)(=O)c2ccc(C)cc2C)CC1. The topological polar surface area (TPSA) is 102 Å². The lowest BCUT2D eigenvalue weighted by molar-refractivity contribution is -0.120. The molecule has 1 fully saturated rings. The lowest BCUT2D eigenvalue weighted by Crippen LogP contribution is -2.41. The molecule has 0 spiro atoms. The Hall–Kier alpha value is -2.91. The molecule has 2 aromatic carbocycles. The van der Waals surface area contributed by atoms with E-state index < -0.39 is 16.0 Å². The van der Waals surface area contributed by atoms with Gasteiger partial charge in [0, 0.05) is 19.0 Å². The number of sulfonamides is 1. The molecule has 8 nitrogen and oxygen atoms in total. The number of piperidine rings is 1. The van der Waals surface area contributed by atoms with Crippen LogP contribution in [-0.4, -0.2) is 51.9 Å². The fourth-order valence-corrected chi connectivity index (χ4v) is 5.53. The van der Waals surface area contributed by atoms with E-state index in [0.29, 0.717) is 34.7 Å². The first kappa shape index (κ1) is 23.7. The fourth-order valence-electron chi connectivity index (χ4n) is 3.86. The van der Waals surface area contributed by atoms with Crippen LogP contribution in [0.15, 0.2) is 41.3 Å². The molecule has 0 atom stereocenters. The van der Waals surface area contributed by atoms with Crippen molar-refractivity contribution in [3.8, 4) is 5.75 Å². The first-order valence-corrected chi connectivity index (χ1v) is 11.8. The minimum absolute atomic E-state index is 0.190. The van der Waals surface area contributed by atoms with Crippen LogP contribution in [0.3, 0.4) is 0 Å². The van der Waals surface area contributed by atoms with Crippen molar-refractivity contribution in [2.45, 2.75) is 31.6 Å². The summed E-state index contributed by atoms with van der Waals surface area (Å²) in [4.78, 5) is 25.2. The summed E-state index contributed by atoms with van der Waals surface area (Å²) in [5, 5.41) is 2.78. The van der Waals surface area contributed by atoms with Crippen LogP contribution in [0.1, 0.15) is 34.3 Å². The van der Waals surface area contributed by atoms with E-state index in [1.54, 1.807) is 31.2 Å². The van der Waals surface area contributed by atoms with Crippen molar-refractivity contribution >= 4 is 27.6 Å². The predicted molar refractivity (Wildman–Crippen MR) is 120 cm³/mol. The molecular formula is C23H28N2O6S. The molecule has 3 rings (SSSR count). The van der Waals surface area contributed by atoms with Gasteiger partial charge in [0.05, 0.1) is 30.4 Å². The summed E-state index contributed by atoms with van der Waals surface area (Å²) in [5.41, 5.74) is 2.23. The van der Waals surface area contributed by atoms with Gasteiger partial charge in [0.25, 0.3) is 0 Å². The second-order valence-electron chi connectivity index (χ2n) is 7.84. The number of carbonyl (C=O) groups is 2. The van der Waals surface area contributed by atoms with Crippen molar-refractivity contribution in [2.24, 2.45) is 5.92 Å². The van der Waals surface area contributed by atoms with E-state index in [9.17, 15) is 18.0 Å². The summed E-state index contributed by atoms with van der Waals surface area (Å²) in [6.07, 6.45) is 0.777. The normalized spacial score (nSPS) is 15.2. The standard InChI is InChI=1S/C23H28N2O6S/c1-15-5-8-21(16(2)13-15)32(28,29)25-11-9-17(10-12-25)22(26)24-20-7-6-18(30-3)14-19(20)23(27)31-4/h5-8,13-14,17H,9-12H2,1-4H3,(H,24,26). The number of esters is 1. The Labute approximate surface area is 188 Å². The highest BCUT2D eigenvalue weighted by molar-refractivity contribution is 7.89. The number of rotatable bonds is 6. The van der Waals surface area contributed by atoms with Crippen LogP contribution in [0.25, 0.3) is 0 Å². The van der Waals surface area contributed by atoms with Gasteiger partial charge in [-0.2, -0.15) is 4.31 Å². The number of amides is 1. The maximum absolute atomic E-state index is 13.1. The van der Waals surface area contributed by atoms with E-state index in [1.807, 2.05) is 13.0 Å². The summed E-state index contributed by atoms with van der Waals surface area (Å²) < 4.78 is 37.5. The molecule has 1 aliphatic heterocycles. The largest absolute Gasteiger partial charge is 0.497 e. The minimum atomic E-state index is -3.62. The Balaban J connectivity index is 1.69. The zero-order valence-electron chi connectivity index (χ0n) is 18.7. The number of ether oxygens (including phenoxy) is 2. The lowest BCUT2D eigenvalue weighted by atomic mass is 9.97. The van der Waals surface area contributed by atoms with Crippen LogP contribution in [-0.2, 0) is 19.6 Å². The summed E-state index contributed by atoms with van der Waals surface area (Å²) in [7, 11) is -0.876. The van der Waals surface area contributed by atoms with Crippen LogP contribution < -0.4 is 10.1 Å². The van der Waals surface area contributed by atoms with Gasteiger partial charge in [-0.15, -0.1) is 0 Å². The number of nitrogens with one attached hydrogen (secondary N) is 1. The smallest absolute Gasteiger partial charge is 0.340 e. The average molecular weight is 461 g/mol. The monoisotopic (exact) mass is 460 g/mol. The molecule has 0 unspecified atom stereocenters. The molecule has 0 bridgehead atoms. The van der Waals surface area contributed by atoms with E-state index in [4.69, 9.17) is 9.47 Å². The van der Waals surface area contributed by atoms with Crippen molar-refractivity contribution < 1.29 is 27.5 Å². The van der Waals surface area contributed by atoms with Crippen molar-refractivity contribution in [3.05, 3.63) is 53.1 Å². The third kappa shape index (κ3) is 4.94. The van der Waals surface area contributed by atoms with Crippen LogP contribution >= 0.6 is 0 Å². The van der Waals surface area contributed by atoms with Gasteiger partial charge < -0.3 is 14.8 Å². The Kier molecular flexibility index (Phi) is 7.20. The maximum atomic E-state index is 13.1. The van der Waals surface area contributed by atoms with Gasteiger partial charge >= 0.3 is 5.97 Å². The van der Waals surface area contributed by atoms with Gasteiger partial charge in [0.1, 0.15) is 5.75 Å². The van der Waals surface area contributed by atoms with Crippen molar-refractivity contribution in [1.82, 2.24) is 4.31 Å². The highest BCUT2D eigenvalue weighted by atomic mass is 32.2. The summed E-state index contributed by atoms with van der Waals surface area (Å²) in [6, 6.07) is 10.00. The molecule has 1 saturated heterocycles. The van der Waals surface area contributed by atoms with Gasteiger partial charge in [-0.05, 0) is 56.5 Å². The molecule has 1 amide bonds. The highest BCUT2D eigenvalue weighted by Crippen LogP contribution is 2.28. The molecule has 2 aromatic rings. The fraction of sp³-hybridized carbons (Fsp3) is 0.391. The van der Waals surface area contributed by atoms with Crippen LogP contribution in [0.4, 0.5) is 5.69 Å². The van der Waals surface area contributed by atoms with Crippen LogP contribution in [0, 0.1) is 19.8 Å². The van der Waals surface area contributed by atoms with Gasteiger partial charge in [0.15, 0.2) is 0 Å². The van der Waals surface area contributed by atoms with Gasteiger partial charge in [-0.1, -0.05) is 17.7 Å². The second kappa shape index (κ2) is 9.70. The van der Waals surface area contributed by atoms with E-state index in [-0.39, 0.29) is 30.5 Å². The predicted octanol–water partition coefficient (Wildman–Crippen LogP) is 3.14. The maximum Gasteiger partial charge on any atom is 0.340 e. The second-order valence-corrected chi connectivity index (χ2v) is 9.75. The van der Waals surface area contributed by atoms with Crippen molar-refractivity contribution in [2.75, 3.05) is 32.6 Å². The lowest BCUT2D eigenvalue weighted by Gasteiger charge is -2.31. The number of anilines is 1.